The van der Waals surface area contributed by atoms with Gasteiger partial charge in [-0.1, -0.05) is 79.7 Å². The van der Waals surface area contributed by atoms with Crippen LogP contribution in [-0.4, -0.2) is 13.1 Å². The summed E-state index contributed by atoms with van der Waals surface area (Å²) in [6.45, 7) is 2.03. The molecule has 0 heterocycles. The zero-order valence-corrected chi connectivity index (χ0v) is 14.0. The Bertz CT molecular complexity index is 717. The van der Waals surface area contributed by atoms with E-state index in [1.54, 1.807) is 12.1 Å². The molecular formula is C20H19FOSi. The highest BCUT2D eigenvalue weighted by atomic mass is 28.4. The summed E-state index contributed by atoms with van der Waals surface area (Å²) in [5, 5.41) is 1.92. The molecule has 3 aromatic rings. The van der Waals surface area contributed by atoms with Crippen LogP contribution in [0.4, 0.5) is 4.39 Å². The van der Waals surface area contributed by atoms with E-state index >= 15 is 0 Å². The molecule has 0 aliphatic rings. The van der Waals surface area contributed by atoms with Gasteiger partial charge in [0.25, 0.3) is 8.32 Å². The molecule has 0 saturated heterocycles. The summed E-state index contributed by atoms with van der Waals surface area (Å²) in [5.41, 5.74) is 0.862. The molecule has 3 heteroatoms. The molecule has 0 amide bonds. The summed E-state index contributed by atoms with van der Waals surface area (Å²) in [5.74, 6) is -0.259. The van der Waals surface area contributed by atoms with E-state index in [-0.39, 0.29) is 11.4 Å². The lowest BCUT2D eigenvalue weighted by Crippen LogP contribution is -2.62. The van der Waals surface area contributed by atoms with Crippen LogP contribution in [0.3, 0.4) is 0 Å². The van der Waals surface area contributed by atoms with Gasteiger partial charge in [-0.25, -0.2) is 4.39 Å². The molecule has 116 valence electrons. The van der Waals surface area contributed by atoms with Crippen molar-refractivity contribution >= 4 is 18.7 Å². The quantitative estimate of drug-likeness (QED) is 0.731. The Kier molecular flexibility index (Phi) is 4.41. The monoisotopic (exact) mass is 322 g/mol. The van der Waals surface area contributed by atoms with Gasteiger partial charge in [-0.3, -0.25) is 0 Å². The van der Waals surface area contributed by atoms with Crippen molar-refractivity contribution in [3.63, 3.8) is 0 Å². The van der Waals surface area contributed by atoms with Gasteiger partial charge in [0, 0.05) is 5.54 Å². The second-order valence-electron chi connectivity index (χ2n) is 5.77. The average molecular weight is 322 g/mol. The van der Waals surface area contributed by atoms with Crippen LogP contribution < -0.4 is 10.4 Å². The van der Waals surface area contributed by atoms with Crippen molar-refractivity contribution in [2.24, 2.45) is 0 Å². The fourth-order valence-electron chi connectivity index (χ4n) is 3.04. The lowest BCUT2D eigenvalue weighted by molar-refractivity contribution is 0.548. The first-order valence-corrected chi connectivity index (χ1v) is 9.73. The summed E-state index contributed by atoms with van der Waals surface area (Å²) in [6, 6.07) is 26.1. The van der Waals surface area contributed by atoms with Crippen molar-refractivity contribution in [1.82, 2.24) is 0 Å². The van der Waals surface area contributed by atoms with Gasteiger partial charge in [0.1, 0.15) is 5.82 Å². The molecule has 0 fully saturated rings. The lowest BCUT2D eigenvalue weighted by Gasteiger charge is -2.32. The summed E-state index contributed by atoms with van der Waals surface area (Å²) in [6.07, 6.45) is 0. The molecule has 3 aromatic carbocycles. The molecule has 1 nitrogen and oxygen atoms in total. The number of hydrogen-bond donors (Lipinski definition) is 1. The average Bonchev–Trinajstić information content (AvgIpc) is 2.62. The molecule has 0 radical (unpaired) electrons. The van der Waals surface area contributed by atoms with Gasteiger partial charge in [-0.15, -0.1) is 0 Å². The van der Waals surface area contributed by atoms with Gasteiger partial charge in [0.2, 0.25) is 0 Å². The number of benzene rings is 3. The van der Waals surface area contributed by atoms with Gasteiger partial charge < -0.3 is 4.80 Å². The first-order valence-electron chi connectivity index (χ1n) is 7.71. The zero-order valence-electron chi connectivity index (χ0n) is 13.0. The van der Waals surface area contributed by atoms with Crippen LogP contribution in [-0.2, 0) is 0 Å². The van der Waals surface area contributed by atoms with Gasteiger partial charge in [0.05, 0.1) is 0 Å². The van der Waals surface area contributed by atoms with E-state index < -0.39 is 8.32 Å². The highest BCUT2D eigenvalue weighted by Crippen LogP contribution is 2.25. The number of halogens is 1. The van der Waals surface area contributed by atoms with Crippen LogP contribution in [0.2, 0.25) is 0 Å². The Hall–Kier alpha value is -2.23. The standard InChI is InChI=1S/C20H19FOSi/c1-16(17-12-14-18(21)15-13-17)23(22,19-8-4-2-5-9-19)20-10-6-3-7-11-20/h2-16,22H,1H3. The Morgan fingerprint density at radius 3 is 1.61 bits per heavy atom. The maximum atomic E-state index is 13.2. The topological polar surface area (TPSA) is 20.2 Å². The van der Waals surface area contributed by atoms with E-state index in [0.717, 1.165) is 15.9 Å². The molecule has 1 N–H and O–H groups in total. The second-order valence-corrected chi connectivity index (χ2v) is 9.33. The van der Waals surface area contributed by atoms with Gasteiger partial charge in [0.15, 0.2) is 0 Å². The summed E-state index contributed by atoms with van der Waals surface area (Å²) in [4.78, 5) is 11.8. The molecule has 3 rings (SSSR count). The van der Waals surface area contributed by atoms with Crippen LogP contribution in [0.25, 0.3) is 0 Å². The zero-order chi connectivity index (χ0) is 16.3. The fraction of sp³-hybridized carbons (Fsp3) is 0.100. The van der Waals surface area contributed by atoms with Crippen molar-refractivity contribution in [2.45, 2.75) is 12.5 Å². The molecule has 0 aromatic heterocycles. The summed E-state index contributed by atoms with van der Waals surface area (Å²) < 4.78 is 13.2. The van der Waals surface area contributed by atoms with Crippen LogP contribution in [0, 0.1) is 5.82 Å². The third-order valence-corrected chi connectivity index (χ3v) is 8.44. The predicted octanol–water partition coefficient (Wildman–Crippen LogP) is 3.22. The van der Waals surface area contributed by atoms with Crippen LogP contribution in [0.15, 0.2) is 84.9 Å². The molecule has 0 saturated carbocycles. The molecule has 1 unspecified atom stereocenters. The second kappa shape index (κ2) is 6.48. The lowest BCUT2D eigenvalue weighted by atomic mass is 10.2. The SMILES string of the molecule is CC(c1ccc(F)cc1)[Si](O)(c1ccccc1)c1ccccc1. The molecule has 0 bridgehead atoms. The Labute approximate surface area is 137 Å². The molecule has 0 spiro atoms. The molecule has 0 aliphatic heterocycles. The highest BCUT2D eigenvalue weighted by molar-refractivity contribution is 6.97. The van der Waals surface area contributed by atoms with E-state index in [1.165, 1.54) is 12.1 Å². The third-order valence-electron chi connectivity index (χ3n) is 4.42. The Balaban J connectivity index is 2.14. The van der Waals surface area contributed by atoms with E-state index in [4.69, 9.17) is 0 Å². The molecular weight excluding hydrogens is 303 g/mol. The van der Waals surface area contributed by atoms with Gasteiger partial charge >= 0.3 is 0 Å². The van der Waals surface area contributed by atoms with Crippen LogP contribution >= 0.6 is 0 Å². The predicted molar refractivity (Wildman–Crippen MR) is 94.9 cm³/mol. The minimum absolute atomic E-state index is 0.0899. The third kappa shape index (κ3) is 2.98. The maximum Gasteiger partial charge on any atom is 0.259 e. The largest absolute Gasteiger partial charge is 0.423 e. The number of hydrogen-bond acceptors (Lipinski definition) is 1. The smallest absolute Gasteiger partial charge is 0.259 e. The van der Waals surface area contributed by atoms with E-state index in [9.17, 15) is 9.19 Å². The maximum absolute atomic E-state index is 13.2. The fourth-order valence-corrected chi connectivity index (χ4v) is 6.45. The highest BCUT2D eigenvalue weighted by Gasteiger charge is 2.42. The van der Waals surface area contributed by atoms with Crippen molar-refractivity contribution in [3.8, 4) is 0 Å². The van der Waals surface area contributed by atoms with E-state index in [0.29, 0.717) is 0 Å². The summed E-state index contributed by atoms with van der Waals surface area (Å²) in [7, 11) is -2.99. The Morgan fingerprint density at radius 1 is 0.739 bits per heavy atom. The van der Waals surface area contributed by atoms with Crippen LogP contribution in [0.1, 0.15) is 18.0 Å². The molecule has 23 heavy (non-hydrogen) atoms. The molecule has 0 aliphatic carbocycles. The minimum Gasteiger partial charge on any atom is -0.423 e. The number of rotatable bonds is 4. The van der Waals surface area contributed by atoms with Crippen molar-refractivity contribution < 1.29 is 9.19 Å². The van der Waals surface area contributed by atoms with Crippen molar-refractivity contribution in [2.75, 3.05) is 0 Å². The van der Waals surface area contributed by atoms with E-state index in [2.05, 4.69) is 0 Å². The summed E-state index contributed by atoms with van der Waals surface area (Å²) >= 11 is 0. The van der Waals surface area contributed by atoms with Crippen LogP contribution in [0.5, 0.6) is 0 Å². The first kappa shape index (κ1) is 15.7. The van der Waals surface area contributed by atoms with Crippen molar-refractivity contribution in [3.05, 3.63) is 96.3 Å². The van der Waals surface area contributed by atoms with E-state index in [1.807, 2.05) is 67.6 Å². The first-order chi connectivity index (χ1) is 11.1. The van der Waals surface area contributed by atoms with Crippen molar-refractivity contribution in [1.29, 1.82) is 0 Å². The van der Waals surface area contributed by atoms with Gasteiger partial charge in [-0.05, 0) is 28.1 Å². The Morgan fingerprint density at radius 2 is 1.17 bits per heavy atom. The normalized spacial score (nSPS) is 12.8. The minimum atomic E-state index is -2.99. The van der Waals surface area contributed by atoms with Gasteiger partial charge in [-0.2, -0.15) is 0 Å². The molecule has 1 atom stereocenters.